The van der Waals surface area contributed by atoms with E-state index in [1.54, 1.807) is 0 Å². The van der Waals surface area contributed by atoms with Crippen molar-refractivity contribution in [3.8, 4) is 0 Å². The molecule has 0 unspecified atom stereocenters. The third-order valence-corrected chi connectivity index (χ3v) is 2.96. The summed E-state index contributed by atoms with van der Waals surface area (Å²) in [4.78, 5) is 0. The number of hydrogen-bond acceptors (Lipinski definition) is 2. The first-order valence-corrected chi connectivity index (χ1v) is 6.17. The fourth-order valence-corrected chi connectivity index (χ4v) is 1.71. The van der Waals surface area contributed by atoms with Crippen molar-refractivity contribution in [2.75, 3.05) is 13.1 Å². The lowest BCUT2D eigenvalue weighted by Gasteiger charge is -2.11. The predicted molar refractivity (Wildman–Crippen MR) is 71.0 cm³/mol. The van der Waals surface area contributed by atoms with Crippen molar-refractivity contribution < 1.29 is 0 Å². The number of hydrogen-bond donors (Lipinski definition) is 2. The summed E-state index contributed by atoms with van der Waals surface area (Å²) < 4.78 is 0. The summed E-state index contributed by atoms with van der Waals surface area (Å²) in [6.07, 6.45) is 0. The van der Waals surface area contributed by atoms with E-state index in [0.29, 0.717) is 6.04 Å². The van der Waals surface area contributed by atoms with E-state index in [1.165, 1.54) is 11.1 Å². The highest BCUT2D eigenvalue weighted by atomic mass is 35.5. The Kier molecular flexibility index (Phi) is 5.81. The predicted octanol–water partition coefficient (Wildman–Crippen LogP) is 2.74. The average Bonchev–Trinajstić information content (AvgIpc) is 2.23. The van der Waals surface area contributed by atoms with Gasteiger partial charge in [-0.1, -0.05) is 37.6 Å². The molecule has 0 heterocycles. The van der Waals surface area contributed by atoms with Crippen LogP contribution in [0.15, 0.2) is 18.2 Å². The summed E-state index contributed by atoms with van der Waals surface area (Å²) >= 11 is 6.06. The molecule has 1 aromatic rings. The second-order valence-corrected chi connectivity index (χ2v) is 4.72. The lowest BCUT2D eigenvalue weighted by molar-refractivity contribution is 0.555. The van der Waals surface area contributed by atoms with Gasteiger partial charge in [-0.05, 0) is 24.1 Å². The van der Waals surface area contributed by atoms with E-state index in [1.807, 2.05) is 12.1 Å². The summed E-state index contributed by atoms with van der Waals surface area (Å²) in [5, 5.41) is 7.62. The van der Waals surface area contributed by atoms with Crippen molar-refractivity contribution in [3.63, 3.8) is 0 Å². The molecule has 0 aliphatic carbocycles. The minimum atomic E-state index is 0.551. The Hall–Kier alpha value is -0.570. The van der Waals surface area contributed by atoms with Gasteiger partial charge in [0.2, 0.25) is 0 Å². The highest BCUT2D eigenvalue weighted by Gasteiger charge is 2.00. The molecule has 1 rings (SSSR count). The Balaban J connectivity index is 2.29. The van der Waals surface area contributed by atoms with Gasteiger partial charge in [-0.2, -0.15) is 0 Å². The van der Waals surface area contributed by atoms with E-state index >= 15 is 0 Å². The van der Waals surface area contributed by atoms with E-state index in [0.717, 1.165) is 24.7 Å². The fourth-order valence-electron chi connectivity index (χ4n) is 1.52. The van der Waals surface area contributed by atoms with Crippen LogP contribution in [-0.4, -0.2) is 19.1 Å². The van der Waals surface area contributed by atoms with Gasteiger partial charge >= 0.3 is 0 Å². The average molecular weight is 241 g/mol. The third kappa shape index (κ3) is 4.52. The molecule has 2 N–H and O–H groups in total. The maximum absolute atomic E-state index is 6.06. The highest BCUT2D eigenvalue weighted by molar-refractivity contribution is 6.31. The molecule has 90 valence electrons. The largest absolute Gasteiger partial charge is 0.313 e. The van der Waals surface area contributed by atoms with Gasteiger partial charge in [-0.3, -0.25) is 0 Å². The first kappa shape index (κ1) is 13.5. The van der Waals surface area contributed by atoms with Crippen LogP contribution in [0.3, 0.4) is 0 Å². The Bertz CT molecular complexity index is 324. The second-order valence-electron chi connectivity index (χ2n) is 4.31. The number of rotatable bonds is 6. The number of nitrogens with one attached hydrogen (secondary N) is 2. The van der Waals surface area contributed by atoms with E-state index in [-0.39, 0.29) is 0 Å². The fraction of sp³-hybridized carbons (Fsp3) is 0.538. The topological polar surface area (TPSA) is 24.1 Å². The van der Waals surface area contributed by atoms with Gasteiger partial charge in [0.15, 0.2) is 0 Å². The molecule has 0 saturated heterocycles. The molecular weight excluding hydrogens is 220 g/mol. The summed E-state index contributed by atoms with van der Waals surface area (Å²) in [5.74, 6) is 0. The van der Waals surface area contributed by atoms with Crippen molar-refractivity contribution >= 4 is 11.6 Å². The number of benzene rings is 1. The zero-order valence-electron chi connectivity index (χ0n) is 10.3. The van der Waals surface area contributed by atoms with Gasteiger partial charge in [0.05, 0.1) is 0 Å². The molecule has 0 aliphatic rings. The van der Waals surface area contributed by atoms with Crippen LogP contribution < -0.4 is 10.6 Å². The zero-order chi connectivity index (χ0) is 12.0. The van der Waals surface area contributed by atoms with Crippen LogP contribution in [0, 0.1) is 6.92 Å². The van der Waals surface area contributed by atoms with Crippen LogP contribution in [-0.2, 0) is 6.54 Å². The van der Waals surface area contributed by atoms with Crippen LogP contribution in [0.2, 0.25) is 5.02 Å². The van der Waals surface area contributed by atoms with Crippen molar-refractivity contribution in [2.45, 2.75) is 33.4 Å². The molecular formula is C13H21ClN2. The van der Waals surface area contributed by atoms with Crippen LogP contribution >= 0.6 is 11.6 Å². The van der Waals surface area contributed by atoms with Gasteiger partial charge in [0.1, 0.15) is 0 Å². The van der Waals surface area contributed by atoms with Gasteiger partial charge in [-0.25, -0.2) is 0 Å². The van der Waals surface area contributed by atoms with Gasteiger partial charge in [0, 0.05) is 30.7 Å². The Morgan fingerprint density at radius 2 is 2.00 bits per heavy atom. The molecule has 0 atom stereocenters. The normalized spacial score (nSPS) is 11.1. The minimum absolute atomic E-state index is 0.551. The molecule has 0 aliphatic heterocycles. The van der Waals surface area contributed by atoms with E-state index in [2.05, 4.69) is 37.5 Å². The maximum atomic E-state index is 6.06. The minimum Gasteiger partial charge on any atom is -0.313 e. The monoisotopic (exact) mass is 240 g/mol. The Morgan fingerprint density at radius 3 is 2.69 bits per heavy atom. The van der Waals surface area contributed by atoms with E-state index < -0.39 is 0 Å². The van der Waals surface area contributed by atoms with Crippen LogP contribution in [0.1, 0.15) is 25.0 Å². The van der Waals surface area contributed by atoms with Gasteiger partial charge < -0.3 is 10.6 Å². The molecule has 0 aromatic heterocycles. The van der Waals surface area contributed by atoms with E-state index in [4.69, 9.17) is 11.6 Å². The highest BCUT2D eigenvalue weighted by Crippen LogP contribution is 2.18. The van der Waals surface area contributed by atoms with Crippen molar-refractivity contribution in [1.29, 1.82) is 0 Å². The first-order chi connectivity index (χ1) is 7.61. The molecule has 3 heteroatoms. The van der Waals surface area contributed by atoms with E-state index in [9.17, 15) is 0 Å². The molecule has 0 radical (unpaired) electrons. The summed E-state index contributed by atoms with van der Waals surface area (Å²) in [6.45, 7) is 9.22. The molecule has 0 fully saturated rings. The molecule has 0 saturated carbocycles. The standard InChI is InChI=1S/C13H21ClN2/c1-10(2)16-8-7-15-9-12-5-4-6-13(14)11(12)3/h4-6,10,15-16H,7-9H2,1-3H3. The maximum Gasteiger partial charge on any atom is 0.0438 e. The van der Waals surface area contributed by atoms with Crippen molar-refractivity contribution in [2.24, 2.45) is 0 Å². The lowest BCUT2D eigenvalue weighted by Crippen LogP contribution is -2.31. The quantitative estimate of drug-likeness (QED) is 0.748. The SMILES string of the molecule is Cc1c(Cl)cccc1CNCCNC(C)C. The van der Waals surface area contributed by atoms with Gasteiger partial charge in [-0.15, -0.1) is 0 Å². The van der Waals surface area contributed by atoms with Crippen molar-refractivity contribution in [1.82, 2.24) is 10.6 Å². The molecule has 0 amide bonds. The smallest absolute Gasteiger partial charge is 0.0438 e. The molecule has 2 nitrogen and oxygen atoms in total. The third-order valence-electron chi connectivity index (χ3n) is 2.55. The summed E-state index contributed by atoms with van der Waals surface area (Å²) in [6, 6.07) is 6.60. The lowest BCUT2D eigenvalue weighted by atomic mass is 10.1. The Morgan fingerprint density at radius 1 is 1.25 bits per heavy atom. The molecule has 16 heavy (non-hydrogen) atoms. The number of halogens is 1. The van der Waals surface area contributed by atoms with Gasteiger partial charge in [0.25, 0.3) is 0 Å². The second kappa shape index (κ2) is 6.89. The first-order valence-electron chi connectivity index (χ1n) is 5.79. The van der Waals surface area contributed by atoms with Crippen LogP contribution in [0.5, 0.6) is 0 Å². The Labute approximate surface area is 103 Å². The molecule has 0 bridgehead atoms. The van der Waals surface area contributed by atoms with Crippen LogP contribution in [0.25, 0.3) is 0 Å². The summed E-state index contributed by atoms with van der Waals surface area (Å²) in [5.41, 5.74) is 2.45. The van der Waals surface area contributed by atoms with Crippen LogP contribution in [0.4, 0.5) is 0 Å². The summed E-state index contributed by atoms with van der Waals surface area (Å²) in [7, 11) is 0. The van der Waals surface area contributed by atoms with Crippen molar-refractivity contribution in [3.05, 3.63) is 34.3 Å². The molecule has 0 spiro atoms. The zero-order valence-corrected chi connectivity index (χ0v) is 11.1. The molecule has 1 aromatic carbocycles.